The van der Waals surface area contributed by atoms with E-state index in [1.807, 2.05) is 0 Å². The predicted octanol–water partition coefficient (Wildman–Crippen LogP) is 3.72. The van der Waals surface area contributed by atoms with Gasteiger partial charge in [-0.1, -0.05) is 6.92 Å². The Morgan fingerprint density at radius 2 is 2.05 bits per heavy atom. The first-order valence-corrected chi connectivity index (χ1v) is 8.62. The van der Waals surface area contributed by atoms with E-state index in [1.54, 1.807) is 11.3 Å². The third-order valence-electron chi connectivity index (χ3n) is 4.18. The lowest BCUT2D eigenvalue weighted by Gasteiger charge is -2.15. The summed E-state index contributed by atoms with van der Waals surface area (Å²) in [5, 5.41) is 4.70. The zero-order valence-corrected chi connectivity index (χ0v) is 14.2. The van der Waals surface area contributed by atoms with E-state index in [0.29, 0.717) is 0 Å². The first-order chi connectivity index (χ1) is 10.1. The average molecular weight is 304 g/mol. The van der Waals surface area contributed by atoms with E-state index in [-0.39, 0.29) is 0 Å². The highest BCUT2D eigenvalue weighted by Crippen LogP contribution is 2.34. The molecule has 0 spiro atoms. The minimum atomic E-state index is 0.739. The molecule has 1 saturated carbocycles. The highest BCUT2D eigenvalue weighted by atomic mass is 32.1. The normalized spacial score (nSPS) is 15.1. The van der Waals surface area contributed by atoms with Gasteiger partial charge in [-0.25, -0.2) is 9.97 Å². The van der Waals surface area contributed by atoms with Crippen LogP contribution in [0.2, 0.25) is 0 Å². The Morgan fingerprint density at radius 1 is 1.29 bits per heavy atom. The zero-order valence-electron chi connectivity index (χ0n) is 13.4. The maximum atomic E-state index is 4.81. The summed E-state index contributed by atoms with van der Waals surface area (Å²) in [6, 6.07) is 0.739. The minimum absolute atomic E-state index is 0.739. The second-order valence-corrected chi connectivity index (χ2v) is 7.23. The number of hydrogen-bond donors (Lipinski definition) is 1. The van der Waals surface area contributed by atoms with Crippen LogP contribution >= 0.6 is 11.3 Å². The molecule has 1 aliphatic rings. The first kappa shape index (κ1) is 14.7. The Kier molecular flexibility index (Phi) is 4.13. The number of anilines is 1. The van der Waals surface area contributed by atoms with Crippen molar-refractivity contribution >= 4 is 27.4 Å². The van der Waals surface area contributed by atoms with Crippen molar-refractivity contribution in [1.82, 2.24) is 14.9 Å². The number of aromatic nitrogens is 2. The molecule has 0 aromatic carbocycles. The van der Waals surface area contributed by atoms with E-state index < -0.39 is 0 Å². The van der Waals surface area contributed by atoms with Crippen molar-refractivity contribution in [3.05, 3.63) is 16.3 Å². The van der Waals surface area contributed by atoms with Gasteiger partial charge in [0, 0.05) is 17.5 Å². The van der Waals surface area contributed by atoms with Crippen molar-refractivity contribution in [1.29, 1.82) is 0 Å². The third kappa shape index (κ3) is 3.04. The van der Waals surface area contributed by atoms with Gasteiger partial charge in [0.25, 0.3) is 0 Å². The Labute approximate surface area is 130 Å². The summed E-state index contributed by atoms with van der Waals surface area (Å²) in [6.45, 7) is 8.32. The molecule has 0 aliphatic heterocycles. The molecule has 0 radical (unpaired) electrons. The summed E-state index contributed by atoms with van der Waals surface area (Å²) in [7, 11) is 2.18. The highest BCUT2D eigenvalue weighted by molar-refractivity contribution is 7.18. The number of aryl methyl sites for hydroxylation is 2. The van der Waals surface area contributed by atoms with Crippen LogP contribution in [-0.4, -0.2) is 34.5 Å². The topological polar surface area (TPSA) is 41.1 Å². The van der Waals surface area contributed by atoms with Crippen LogP contribution in [0.3, 0.4) is 0 Å². The predicted molar refractivity (Wildman–Crippen MR) is 90.2 cm³/mol. The molecule has 4 nitrogen and oxygen atoms in total. The van der Waals surface area contributed by atoms with Crippen LogP contribution in [0.4, 0.5) is 5.82 Å². The summed E-state index contributed by atoms with van der Waals surface area (Å²) < 4.78 is 0. The molecule has 5 heteroatoms. The zero-order chi connectivity index (χ0) is 15.0. The molecular formula is C16H24N4S. The maximum Gasteiger partial charge on any atom is 0.146 e. The van der Waals surface area contributed by atoms with Crippen LogP contribution in [0.1, 0.15) is 42.5 Å². The van der Waals surface area contributed by atoms with E-state index in [4.69, 9.17) is 9.97 Å². The van der Waals surface area contributed by atoms with E-state index in [2.05, 4.69) is 38.0 Å². The molecule has 2 aromatic heterocycles. The number of nitrogens with one attached hydrogen (secondary N) is 1. The van der Waals surface area contributed by atoms with Gasteiger partial charge in [0.2, 0.25) is 0 Å². The SMILES string of the molecule is CCCNc1nc(CN(C)C2CC2)nc2sc(C)c(C)c12. The Bertz CT molecular complexity index is 645. The first-order valence-electron chi connectivity index (χ1n) is 7.81. The molecule has 0 unspecified atom stereocenters. The van der Waals surface area contributed by atoms with Crippen molar-refractivity contribution in [2.24, 2.45) is 0 Å². The number of rotatable bonds is 6. The van der Waals surface area contributed by atoms with Gasteiger partial charge in [0.05, 0.1) is 11.9 Å². The Morgan fingerprint density at radius 3 is 2.71 bits per heavy atom. The summed E-state index contributed by atoms with van der Waals surface area (Å²) in [6.07, 6.45) is 3.73. The molecule has 3 rings (SSSR count). The average Bonchev–Trinajstić information content (AvgIpc) is 3.25. The van der Waals surface area contributed by atoms with E-state index >= 15 is 0 Å². The van der Waals surface area contributed by atoms with Crippen molar-refractivity contribution in [2.75, 3.05) is 18.9 Å². The molecule has 114 valence electrons. The fourth-order valence-electron chi connectivity index (χ4n) is 2.60. The quantitative estimate of drug-likeness (QED) is 0.883. The highest BCUT2D eigenvalue weighted by Gasteiger charge is 2.27. The van der Waals surface area contributed by atoms with Crippen molar-refractivity contribution in [3.8, 4) is 0 Å². The van der Waals surface area contributed by atoms with Crippen LogP contribution in [0.25, 0.3) is 10.2 Å². The largest absolute Gasteiger partial charge is 0.369 e. The van der Waals surface area contributed by atoms with Gasteiger partial charge in [-0.3, -0.25) is 4.90 Å². The maximum absolute atomic E-state index is 4.81. The lowest BCUT2D eigenvalue weighted by atomic mass is 10.2. The number of hydrogen-bond acceptors (Lipinski definition) is 5. The lowest BCUT2D eigenvalue weighted by Crippen LogP contribution is -2.21. The molecule has 1 N–H and O–H groups in total. The summed E-state index contributed by atoms with van der Waals surface area (Å²) in [5.41, 5.74) is 1.32. The summed E-state index contributed by atoms with van der Waals surface area (Å²) in [5.74, 6) is 1.96. The monoisotopic (exact) mass is 304 g/mol. The van der Waals surface area contributed by atoms with Gasteiger partial charge >= 0.3 is 0 Å². The van der Waals surface area contributed by atoms with Crippen molar-refractivity contribution in [2.45, 2.75) is 52.6 Å². The van der Waals surface area contributed by atoms with Crippen LogP contribution < -0.4 is 5.32 Å². The standard InChI is InChI=1S/C16H24N4S/c1-5-8-17-15-14-10(2)11(3)21-16(14)19-13(18-15)9-20(4)12-6-7-12/h12H,5-9H2,1-4H3,(H,17,18,19). The van der Waals surface area contributed by atoms with Crippen molar-refractivity contribution in [3.63, 3.8) is 0 Å². The van der Waals surface area contributed by atoms with Gasteiger partial charge in [-0.2, -0.15) is 0 Å². The molecular weight excluding hydrogens is 280 g/mol. The number of thiophene rings is 1. The summed E-state index contributed by atoms with van der Waals surface area (Å²) >= 11 is 1.78. The number of nitrogens with zero attached hydrogens (tertiary/aromatic N) is 3. The molecule has 1 fully saturated rings. The molecule has 0 amide bonds. The molecule has 2 aromatic rings. The molecule has 0 bridgehead atoms. The Hall–Kier alpha value is -1.20. The van der Waals surface area contributed by atoms with Gasteiger partial charge in [-0.15, -0.1) is 11.3 Å². The van der Waals surface area contributed by atoms with E-state index in [9.17, 15) is 0 Å². The molecule has 1 aliphatic carbocycles. The second-order valence-electron chi connectivity index (χ2n) is 6.02. The molecule has 21 heavy (non-hydrogen) atoms. The van der Waals surface area contributed by atoms with Gasteiger partial charge < -0.3 is 5.32 Å². The minimum Gasteiger partial charge on any atom is -0.369 e. The fourth-order valence-corrected chi connectivity index (χ4v) is 3.65. The van der Waals surface area contributed by atoms with Crippen LogP contribution in [0.5, 0.6) is 0 Å². The molecule has 0 atom stereocenters. The van der Waals surface area contributed by atoms with Crippen LogP contribution in [0.15, 0.2) is 0 Å². The van der Waals surface area contributed by atoms with Gasteiger partial charge in [0.15, 0.2) is 0 Å². The smallest absolute Gasteiger partial charge is 0.146 e. The lowest BCUT2D eigenvalue weighted by molar-refractivity contribution is 0.308. The van der Waals surface area contributed by atoms with Gasteiger partial charge in [-0.05, 0) is 45.7 Å². The summed E-state index contributed by atoms with van der Waals surface area (Å²) in [4.78, 5) is 14.4. The van der Waals surface area contributed by atoms with Gasteiger partial charge in [0.1, 0.15) is 16.5 Å². The second kappa shape index (κ2) is 5.89. The number of fused-ring (bicyclic) bond motifs is 1. The molecule has 0 saturated heterocycles. The Balaban J connectivity index is 1.97. The van der Waals surface area contributed by atoms with Crippen LogP contribution in [-0.2, 0) is 6.54 Å². The molecule has 2 heterocycles. The fraction of sp³-hybridized carbons (Fsp3) is 0.625. The van der Waals surface area contributed by atoms with Crippen LogP contribution in [0, 0.1) is 13.8 Å². The van der Waals surface area contributed by atoms with Crippen molar-refractivity contribution < 1.29 is 0 Å². The third-order valence-corrected chi connectivity index (χ3v) is 5.28. The van der Waals surface area contributed by atoms with E-state index in [0.717, 1.165) is 42.0 Å². The van der Waals surface area contributed by atoms with E-state index in [1.165, 1.54) is 28.7 Å².